The molecule has 1 heterocycles. The van der Waals surface area contributed by atoms with Crippen molar-refractivity contribution in [1.82, 2.24) is 9.21 Å². The summed E-state index contributed by atoms with van der Waals surface area (Å²) in [5, 5.41) is 9.51. The molecule has 0 aromatic heterocycles. The Morgan fingerprint density at radius 2 is 1.70 bits per heavy atom. The summed E-state index contributed by atoms with van der Waals surface area (Å²) in [5.74, 6) is 0.0615. The number of halogens is 1. The smallest absolute Gasteiger partial charge is 0.243 e. The number of sulfonamides is 1. The summed E-state index contributed by atoms with van der Waals surface area (Å²) in [5.41, 5.74) is 0.814. The van der Waals surface area contributed by atoms with Gasteiger partial charge in [0.2, 0.25) is 15.9 Å². The molecule has 30 heavy (non-hydrogen) atoms. The van der Waals surface area contributed by atoms with Crippen molar-refractivity contribution in [2.45, 2.75) is 29.6 Å². The molecule has 0 radical (unpaired) electrons. The zero-order valence-electron chi connectivity index (χ0n) is 16.4. The van der Waals surface area contributed by atoms with Crippen molar-refractivity contribution in [3.63, 3.8) is 0 Å². The highest BCUT2D eigenvalue weighted by Gasteiger charge is 2.48. The van der Waals surface area contributed by atoms with Crippen LogP contribution >= 0.6 is 11.6 Å². The second kappa shape index (κ2) is 8.03. The number of hydrogen-bond acceptors (Lipinski definition) is 4. The van der Waals surface area contributed by atoms with E-state index in [4.69, 9.17) is 16.9 Å². The summed E-state index contributed by atoms with van der Waals surface area (Å²) >= 11 is 6.15. The Hall–Kier alpha value is -2.40. The zero-order valence-corrected chi connectivity index (χ0v) is 18.0. The van der Waals surface area contributed by atoms with Gasteiger partial charge in [0, 0.05) is 31.2 Å². The summed E-state index contributed by atoms with van der Waals surface area (Å²) in [6, 6.07) is 15.4. The number of carbonyl (C=O) groups excluding carboxylic acids is 1. The van der Waals surface area contributed by atoms with Gasteiger partial charge < -0.3 is 4.90 Å². The molecule has 4 rings (SSSR count). The first kappa shape index (κ1) is 20.9. The summed E-state index contributed by atoms with van der Waals surface area (Å²) in [7, 11) is -3.65. The molecule has 0 bridgehead atoms. The minimum absolute atomic E-state index is 0.0615. The third-order valence-electron chi connectivity index (χ3n) is 6.14. The molecule has 2 aromatic carbocycles. The standard InChI is InChI=1S/C22H22ClN3O3S/c23-19-4-1-3-18(15-19)22(9-2-10-22)21(27)25-11-13-26(14-12-25)30(28,29)20-7-5-17(16-24)6-8-20/h1,3-8,15H,2,9-14H2. The predicted molar refractivity (Wildman–Crippen MR) is 113 cm³/mol. The van der Waals surface area contributed by atoms with Gasteiger partial charge >= 0.3 is 0 Å². The fourth-order valence-corrected chi connectivity index (χ4v) is 5.84. The Morgan fingerprint density at radius 3 is 2.23 bits per heavy atom. The second-order valence-electron chi connectivity index (χ2n) is 7.78. The molecule has 1 aliphatic carbocycles. The summed E-state index contributed by atoms with van der Waals surface area (Å²) < 4.78 is 27.2. The quantitative estimate of drug-likeness (QED) is 0.726. The van der Waals surface area contributed by atoms with E-state index in [2.05, 4.69) is 0 Å². The summed E-state index contributed by atoms with van der Waals surface area (Å²) in [6.45, 7) is 1.21. The van der Waals surface area contributed by atoms with E-state index in [1.807, 2.05) is 24.3 Å². The maximum absolute atomic E-state index is 13.4. The van der Waals surface area contributed by atoms with E-state index in [1.165, 1.54) is 28.6 Å². The molecule has 1 amide bonds. The minimum Gasteiger partial charge on any atom is -0.339 e. The van der Waals surface area contributed by atoms with Crippen molar-refractivity contribution in [2.75, 3.05) is 26.2 Å². The average molecular weight is 444 g/mol. The molecule has 6 nitrogen and oxygen atoms in total. The topological polar surface area (TPSA) is 81.5 Å². The fraction of sp³-hybridized carbons (Fsp3) is 0.364. The molecular formula is C22H22ClN3O3S. The van der Waals surface area contributed by atoms with Crippen molar-refractivity contribution in [3.05, 3.63) is 64.7 Å². The molecule has 0 unspecified atom stereocenters. The summed E-state index contributed by atoms with van der Waals surface area (Å²) in [4.78, 5) is 15.3. The average Bonchev–Trinajstić information content (AvgIpc) is 2.73. The van der Waals surface area contributed by atoms with Gasteiger partial charge in [-0.15, -0.1) is 0 Å². The SMILES string of the molecule is N#Cc1ccc(S(=O)(=O)N2CCN(C(=O)C3(c4cccc(Cl)c4)CCC3)CC2)cc1. The molecule has 2 aliphatic rings. The molecule has 0 spiro atoms. The lowest BCUT2D eigenvalue weighted by molar-refractivity contribution is -0.142. The lowest BCUT2D eigenvalue weighted by Gasteiger charge is -2.46. The number of nitriles is 1. The van der Waals surface area contributed by atoms with Crippen LogP contribution in [0, 0.1) is 11.3 Å². The van der Waals surface area contributed by atoms with Crippen molar-refractivity contribution in [3.8, 4) is 6.07 Å². The van der Waals surface area contributed by atoms with Gasteiger partial charge in [0.1, 0.15) is 0 Å². The van der Waals surface area contributed by atoms with Crippen LogP contribution in [0.2, 0.25) is 5.02 Å². The van der Waals surface area contributed by atoms with Crippen molar-refractivity contribution in [2.24, 2.45) is 0 Å². The summed E-state index contributed by atoms with van der Waals surface area (Å²) in [6.07, 6.45) is 2.57. The zero-order chi connectivity index (χ0) is 21.4. The first-order valence-corrected chi connectivity index (χ1v) is 11.7. The minimum atomic E-state index is -3.65. The van der Waals surface area contributed by atoms with Crippen LogP contribution in [0.4, 0.5) is 0 Å². The Labute approximate surface area is 181 Å². The Kier molecular flexibility index (Phi) is 5.58. The molecule has 1 saturated carbocycles. The van der Waals surface area contributed by atoms with Crippen LogP contribution in [-0.4, -0.2) is 49.7 Å². The molecule has 2 aromatic rings. The number of hydrogen-bond donors (Lipinski definition) is 0. The van der Waals surface area contributed by atoms with Crippen molar-refractivity contribution in [1.29, 1.82) is 5.26 Å². The van der Waals surface area contributed by atoms with E-state index >= 15 is 0 Å². The fourth-order valence-electron chi connectivity index (χ4n) is 4.23. The molecule has 156 valence electrons. The van der Waals surface area contributed by atoms with E-state index in [1.54, 1.807) is 11.0 Å². The monoisotopic (exact) mass is 443 g/mol. The van der Waals surface area contributed by atoms with E-state index in [9.17, 15) is 13.2 Å². The van der Waals surface area contributed by atoms with Crippen LogP contribution in [0.5, 0.6) is 0 Å². The van der Waals surface area contributed by atoms with Gasteiger partial charge in [-0.25, -0.2) is 8.42 Å². The van der Waals surface area contributed by atoms with Gasteiger partial charge in [0.15, 0.2) is 0 Å². The van der Waals surface area contributed by atoms with Crippen LogP contribution in [0.1, 0.15) is 30.4 Å². The lowest BCUT2D eigenvalue weighted by Crippen LogP contribution is -2.57. The number of piperazine rings is 1. The van der Waals surface area contributed by atoms with E-state index in [0.29, 0.717) is 23.7 Å². The molecule has 1 aliphatic heterocycles. The molecule has 0 N–H and O–H groups in total. The highest BCUT2D eigenvalue weighted by atomic mass is 35.5. The number of benzene rings is 2. The van der Waals surface area contributed by atoms with Crippen LogP contribution in [0.3, 0.4) is 0 Å². The maximum atomic E-state index is 13.4. The Bertz CT molecular complexity index is 1100. The van der Waals surface area contributed by atoms with Crippen LogP contribution in [0.25, 0.3) is 0 Å². The van der Waals surface area contributed by atoms with Crippen molar-refractivity contribution >= 4 is 27.5 Å². The first-order chi connectivity index (χ1) is 14.4. The highest BCUT2D eigenvalue weighted by molar-refractivity contribution is 7.89. The third kappa shape index (κ3) is 3.60. The number of rotatable bonds is 4. The van der Waals surface area contributed by atoms with Crippen LogP contribution < -0.4 is 0 Å². The second-order valence-corrected chi connectivity index (χ2v) is 10.2. The first-order valence-electron chi connectivity index (χ1n) is 9.93. The van der Waals surface area contributed by atoms with E-state index < -0.39 is 15.4 Å². The number of nitrogens with zero attached hydrogens (tertiary/aromatic N) is 3. The van der Waals surface area contributed by atoms with Gasteiger partial charge in [-0.1, -0.05) is 30.2 Å². The molecule has 0 atom stereocenters. The van der Waals surface area contributed by atoms with Gasteiger partial charge in [-0.05, 0) is 54.8 Å². The highest BCUT2D eigenvalue weighted by Crippen LogP contribution is 2.46. The van der Waals surface area contributed by atoms with Gasteiger partial charge in [-0.3, -0.25) is 4.79 Å². The van der Waals surface area contributed by atoms with E-state index in [-0.39, 0.29) is 23.9 Å². The van der Waals surface area contributed by atoms with Crippen LogP contribution in [0.15, 0.2) is 53.4 Å². The van der Waals surface area contributed by atoms with Gasteiger partial charge in [0.05, 0.1) is 21.9 Å². The van der Waals surface area contributed by atoms with E-state index in [0.717, 1.165) is 24.8 Å². The predicted octanol–water partition coefficient (Wildman–Crippen LogP) is 3.17. The number of carbonyl (C=O) groups is 1. The molecular weight excluding hydrogens is 422 g/mol. The molecule has 2 fully saturated rings. The molecule has 8 heteroatoms. The Morgan fingerprint density at radius 1 is 1.03 bits per heavy atom. The molecule has 1 saturated heterocycles. The number of amides is 1. The normalized spacial score (nSPS) is 19.0. The third-order valence-corrected chi connectivity index (χ3v) is 8.29. The van der Waals surface area contributed by atoms with Gasteiger partial charge in [-0.2, -0.15) is 9.57 Å². The van der Waals surface area contributed by atoms with Crippen molar-refractivity contribution < 1.29 is 13.2 Å². The Balaban J connectivity index is 1.47. The maximum Gasteiger partial charge on any atom is 0.243 e. The largest absolute Gasteiger partial charge is 0.339 e. The van der Waals surface area contributed by atoms with Crippen LogP contribution in [-0.2, 0) is 20.2 Å². The lowest BCUT2D eigenvalue weighted by atomic mass is 9.63. The van der Waals surface area contributed by atoms with Gasteiger partial charge in [0.25, 0.3) is 0 Å².